The van der Waals surface area contributed by atoms with Crippen molar-refractivity contribution in [2.75, 3.05) is 22.5 Å². The van der Waals surface area contributed by atoms with Crippen molar-refractivity contribution < 1.29 is 22.4 Å². The molecule has 0 saturated heterocycles. The quantitative estimate of drug-likeness (QED) is 0.325. The van der Waals surface area contributed by atoms with Crippen LogP contribution in [0.2, 0.25) is 0 Å². The minimum atomic E-state index is -3.75. The number of methoxy groups -OCH3 is 1. The number of amides is 1. The van der Waals surface area contributed by atoms with Gasteiger partial charge in [-0.3, -0.25) is 9.52 Å². The number of para-hydroxylation sites is 1. The normalized spacial score (nSPS) is 14.9. The monoisotopic (exact) mass is 536 g/mol. The summed E-state index contributed by atoms with van der Waals surface area (Å²) >= 11 is 1.19. The van der Waals surface area contributed by atoms with Crippen molar-refractivity contribution >= 4 is 39.1 Å². The minimum absolute atomic E-state index is 0.0179. The molecule has 0 fully saturated rings. The van der Waals surface area contributed by atoms with Crippen molar-refractivity contribution in [1.29, 1.82) is 0 Å². The van der Waals surface area contributed by atoms with E-state index in [2.05, 4.69) is 14.9 Å². The van der Waals surface area contributed by atoms with Crippen LogP contribution in [0.25, 0.3) is 11.5 Å². The van der Waals surface area contributed by atoms with Crippen molar-refractivity contribution in [2.24, 2.45) is 0 Å². The van der Waals surface area contributed by atoms with Crippen LogP contribution in [0.3, 0.4) is 0 Å². The number of hydrogen-bond acceptors (Lipinski definition) is 8. The van der Waals surface area contributed by atoms with E-state index in [1.165, 1.54) is 36.6 Å². The Kier molecular flexibility index (Phi) is 6.90. The van der Waals surface area contributed by atoms with Gasteiger partial charge in [0.1, 0.15) is 5.75 Å². The van der Waals surface area contributed by atoms with Gasteiger partial charge in [-0.1, -0.05) is 30.0 Å². The average Bonchev–Trinajstić information content (AvgIpc) is 3.51. The molecule has 2 heterocycles. The molecule has 1 aliphatic heterocycles. The predicted molar refractivity (Wildman–Crippen MR) is 141 cm³/mol. The second kappa shape index (κ2) is 10.3. The largest absolute Gasteiger partial charge is 0.497 e. The molecule has 0 aliphatic carbocycles. The molecule has 9 nitrogen and oxygen atoms in total. The summed E-state index contributed by atoms with van der Waals surface area (Å²) in [5.74, 6) is 1.00. The van der Waals surface area contributed by atoms with Crippen LogP contribution < -0.4 is 14.4 Å². The minimum Gasteiger partial charge on any atom is -0.497 e. The van der Waals surface area contributed by atoms with Gasteiger partial charge in [-0.25, -0.2) is 8.42 Å². The molecule has 190 valence electrons. The van der Waals surface area contributed by atoms with Crippen LogP contribution in [0.4, 0.5) is 11.4 Å². The molecule has 1 atom stereocenters. The third-order valence-electron chi connectivity index (χ3n) is 5.96. The molecule has 4 aromatic rings. The fourth-order valence-electron chi connectivity index (χ4n) is 4.17. The number of thioether (sulfide) groups is 1. The lowest BCUT2D eigenvalue weighted by Crippen LogP contribution is -2.36. The Morgan fingerprint density at radius 2 is 1.81 bits per heavy atom. The molecule has 0 spiro atoms. The Labute approximate surface area is 218 Å². The van der Waals surface area contributed by atoms with E-state index in [9.17, 15) is 13.2 Å². The highest BCUT2D eigenvalue weighted by Crippen LogP contribution is 2.33. The third-order valence-corrected chi connectivity index (χ3v) is 8.16. The summed E-state index contributed by atoms with van der Waals surface area (Å²) in [5.41, 5.74) is 3.14. The van der Waals surface area contributed by atoms with Gasteiger partial charge in [0.05, 0.1) is 17.8 Å². The van der Waals surface area contributed by atoms with E-state index in [1.54, 1.807) is 36.4 Å². The van der Waals surface area contributed by atoms with E-state index in [0.717, 1.165) is 12.1 Å². The van der Waals surface area contributed by atoms with Gasteiger partial charge >= 0.3 is 0 Å². The van der Waals surface area contributed by atoms with Gasteiger partial charge < -0.3 is 14.1 Å². The lowest BCUT2D eigenvalue weighted by molar-refractivity contribution is -0.116. The number of nitrogens with one attached hydrogen (secondary N) is 1. The lowest BCUT2D eigenvalue weighted by Gasteiger charge is -2.22. The molecule has 0 bridgehead atoms. The maximum Gasteiger partial charge on any atom is 0.277 e. The molecule has 1 aliphatic rings. The fourth-order valence-corrected chi connectivity index (χ4v) is 5.85. The van der Waals surface area contributed by atoms with Gasteiger partial charge in [-0.05, 0) is 73.5 Å². The van der Waals surface area contributed by atoms with Crippen molar-refractivity contribution in [3.05, 3.63) is 78.4 Å². The van der Waals surface area contributed by atoms with Gasteiger partial charge in [0, 0.05) is 23.0 Å². The van der Waals surface area contributed by atoms with E-state index in [4.69, 9.17) is 9.15 Å². The van der Waals surface area contributed by atoms with Crippen LogP contribution in [-0.4, -0.2) is 43.4 Å². The highest BCUT2D eigenvalue weighted by molar-refractivity contribution is 7.99. The van der Waals surface area contributed by atoms with E-state index in [-0.39, 0.29) is 33.7 Å². The molecule has 1 N–H and O–H groups in total. The summed E-state index contributed by atoms with van der Waals surface area (Å²) in [6.07, 6.45) is 0.837. The Morgan fingerprint density at radius 1 is 1.08 bits per heavy atom. The standard InChI is InChI=1S/C26H24N4O5S2/c1-17-15-19-5-3-4-6-23(19)30(17)24(31)16-36-26-28-27-25(35-26)18-7-9-20(10-8-18)29-37(32,33)22-13-11-21(34-2)12-14-22/h3-14,17,29H,15-16H2,1-2H3/t17-/m0/s1. The van der Waals surface area contributed by atoms with Crippen LogP contribution in [0.15, 0.2) is 87.3 Å². The molecule has 37 heavy (non-hydrogen) atoms. The number of rotatable bonds is 8. The summed E-state index contributed by atoms with van der Waals surface area (Å²) in [5, 5.41) is 8.40. The zero-order valence-electron chi connectivity index (χ0n) is 20.1. The predicted octanol–water partition coefficient (Wildman–Crippen LogP) is 4.62. The molecular formula is C26H24N4O5S2. The number of fused-ring (bicyclic) bond motifs is 1. The zero-order chi connectivity index (χ0) is 26.0. The van der Waals surface area contributed by atoms with Crippen LogP contribution in [0.5, 0.6) is 5.75 Å². The molecule has 0 radical (unpaired) electrons. The van der Waals surface area contributed by atoms with Gasteiger partial charge in [0.2, 0.25) is 11.8 Å². The number of aromatic nitrogens is 2. The number of ether oxygens (including phenoxy) is 1. The van der Waals surface area contributed by atoms with E-state index in [0.29, 0.717) is 17.0 Å². The zero-order valence-corrected chi connectivity index (χ0v) is 21.8. The molecule has 5 rings (SSSR count). The molecular weight excluding hydrogens is 512 g/mol. The van der Waals surface area contributed by atoms with Crippen molar-refractivity contribution in [3.63, 3.8) is 0 Å². The number of anilines is 2. The second-order valence-electron chi connectivity index (χ2n) is 8.47. The van der Waals surface area contributed by atoms with Gasteiger partial charge in [-0.15, -0.1) is 10.2 Å². The van der Waals surface area contributed by atoms with E-state index < -0.39 is 10.0 Å². The second-order valence-corrected chi connectivity index (χ2v) is 11.1. The smallest absolute Gasteiger partial charge is 0.277 e. The SMILES string of the molecule is COc1ccc(S(=O)(=O)Nc2ccc(-c3nnc(SCC(=O)N4c5ccccc5C[C@@H]4C)o3)cc2)cc1. The number of hydrogen-bond donors (Lipinski definition) is 1. The molecule has 11 heteroatoms. The summed E-state index contributed by atoms with van der Waals surface area (Å²) in [6, 6.07) is 20.7. The Hall–Kier alpha value is -3.83. The topological polar surface area (TPSA) is 115 Å². The Balaban J connectivity index is 1.21. The van der Waals surface area contributed by atoms with Crippen LogP contribution in [0, 0.1) is 0 Å². The fraction of sp³-hybridized carbons (Fsp3) is 0.192. The molecule has 1 aromatic heterocycles. The average molecular weight is 537 g/mol. The summed E-state index contributed by atoms with van der Waals surface area (Å²) in [6.45, 7) is 2.04. The van der Waals surface area contributed by atoms with Gasteiger partial charge in [-0.2, -0.15) is 0 Å². The van der Waals surface area contributed by atoms with Crippen molar-refractivity contribution in [3.8, 4) is 17.2 Å². The van der Waals surface area contributed by atoms with E-state index >= 15 is 0 Å². The van der Waals surface area contributed by atoms with Crippen LogP contribution in [-0.2, 0) is 21.2 Å². The molecule has 0 unspecified atom stereocenters. The summed E-state index contributed by atoms with van der Waals surface area (Å²) in [4.78, 5) is 14.9. The highest BCUT2D eigenvalue weighted by Gasteiger charge is 2.30. The van der Waals surface area contributed by atoms with Crippen LogP contribution >= 0.6 is 11.8 Å². The lowest BCUT2D eigenvalue weighted by atomic mass is 10.1. The number of carbonyl (C=O) groups excluding carboxylic acids is 1. The maximum absolute atomic E-state index is 12.9. The number of sulfonamides is 1. The molecule has 0 saturated carbocycles. The number of carbonyl (C=O) groups is 1. The van der Waals surface area contributed by atoms with Crippen molar-refractivity contribution in [1.82, 2.24) is 10.2 Å². The highest BCUT2D eigenvalue weighted by atomic mass is 32.2. The van der Waals surface area contributed by atoms with Gasteiger partial charge in [0.25, 0.3) is 15.2 Å². The first-order valence-electron chi connectivity index (χ1n) is 11.5. The van der Waals surface area contributed by atoms with Gasteiger partial charge in [0.15, 0.2) is 0 Å². The third kappa shape index (κ3) is 5.32. The Bertz CT molecular complexity index is 1520. The molecule has 1 amide bonds. The first-order chi connectivity index (χ1) is 17.8. The summed E-state index contributed by atoms with van der Waals surface area (Å²) < 4.78 is 38.6. The van der Waals surface area contributed by atoms with Crippen LogP contribution in [0.1, 0.15) is 12.5 Å². The number of nitrogens with zero attached hydrogens (tertiary/aromatic N) is 3. The first-order valence-corrected chi connectivity index (χ1v) is 13.9. The maximum atomic E-state index is 12.9. The summed E-state index contributed by atoms with van der Waals surface area (Å²) in [7, 11) is -2.24. The molecule has 3 aromatic carbocycles. The first kappa shape index (κ1) is 24.8. The Morgan fingerprint density at radius 3 is 2.54 bits per heavy atom. The number of benzene rings is 3. The van der Waals surface area contributed by atoms with Crippen molar-refractivity contribution in [2.45, 2.75) is 29.5 Å². The van der Waals surface area contributed by atoms with E-state index in [1.807, 2.05) is 36.1 Å².